The summed E-state index contributed by atoms with van der Waals surface area (Å²) in [5.74, 6) is -0.0141. The maximum absolute atomic E-state index is 12.1. The third kappa shape index (κ3) is 6.25. The van der Waals surface area contributed by atoms with Crippen molar-refractivity contribution in [2.24, 2.45) is 0 Å². The number of nitrogens with one attached hydrogen (secondary N) is 1. The smallest absolute Gasteiger partial charge is 0.236 e. The molecule has 0 radical (unpaired) electrons. The summed E-state index contributed by atoms with van der Waals surface area (Å²) in [5, 5.41) is 13.3. The molecule has 1 aromatic rings. The summed E-state index contributed by atoms with van der Waals surface area (Å²) < 4.78 is 4.92. The molecule has 0 saturated carbocycles. The second kappa shape index (κ2) is 9.50. The monoisotopic (exact) mass is 294 g/mol. The summed E-state index contributed by atoms with van der Waals surface area (Å²) in [6, 6.07) is 7.72. The minimum absolute atomic E-state index is 0.0141. The van der Waals surface area contributed by atoms with E-state index in [1.54, 1.807) is 12.0 Å². The Morgan fingerprint density at radius 2 is 2.05 bits per heavy atom. The Morgan fingerprint density at radius 1 is 1.38 bits per heavy atom. The van der Waals surface area contributed by atoms with E-state index in [1.165, 1.54) is 0 Å². The van der Waals surface area contributed by atoms with E-state index < -0.39 is 6.10 Å². The number of benzene rings is 1. The molecule has 0 fully saturated rings. The van der Waals surface area contributed by atoms with E-state index in [9.17, 15) is 9.90 Å². The number of aliphatic hydroxyl groups excluding tert-OH is 1. The Hall–Kier alpha value is -1.43. The highest BCUT2D eigenvalue weighted by atomic mass is 16.5. The fraction of sp³-hybridized carbons (Fsp3) is 0.562. The van der Waals surface area contributed by atoms with Crippen LogP contribution in [0.15, 0.2) is 24.3 Å². The SMILES string of the molecule is CCN(CC(O)c1ccc(C)cc1)C(=O)CNCCOC. The second-order valence-electron chi connectivity index (χ2n) is 5.03. The average Bonchev–Trinajstić information content (AvgIpc) is 2.49. The molecule has 118 valence electrons. The molecule has 0 aliphatic carbocycles. The number of ether oxygens (including phenoxy) is 1. The fourth-order valence-electron chi connectivity index (χ4n) is 1.99. The molecule has 0 saturated heterocycles. The number of aryl methyl sites for hydroxylation is 1. The maximum atomic E-state index is 12.1. The molecule has 5 heteroatoms. The van der Waals surface area contributed by atoms with Gasteiger partial charge >= 0.3 is 0 Å². The predicted octanol–water partition coefficient (Wildman–Crippen LogP) is 1.11. The van der Waals surface area contributed by atoms with Gasteiger partial charge in [-0.2, -0.15) is 0 Å². The summed E-state index contributed by atoms with van der Waals surface area (Å²) in [4.78, 5) is 13.7. The minimum atomic E-state index is -0.659. The lowest BCUT2D eigenvalue weighted by Crippen LogP contribution is -2.41. The first-order chi connectivity index (χ1) is 10.1. The Bertz CT molecular complexity index is 420. The van der Waals surface area contributed by atoms with Gasteiger partial charge in [0.2, 0.25) is 5.91 Å². The van der Waals surface area contributed by atoms with Crippen LogP contribution in [0.3, 0.4) is 0 Å². The van der Waals surface area contributed by atoms with Crippen molar-refractivity contribution in [3.05, 3.63) is 35.4 Å². The minimum Gasteiger partial charge on any atom is -0.387 e. The second-order valence-corrected chi connectivity index (χ2v) is 5.03. The van der Waals surface area contributed by atoms with E-state index in [0.29, 0.717) is 26.2 Å². The molecule has 0 aromatic heterocycles. The fourth-order valence-corrected chi connectivity index (χ4v) is 1.99. The van der Waals surface area contributed by atoms with Crippen LogP contribution in [0.2, 0.25) is 0 Å². The molecule has 21 heavy (non-hydrogen) atoms. The van der Waals surface area contributed by atoms with Crippen molar-refractivity contribution in [2.45, 2.75) is 20.0 Å². The van der Waals surface area contributed by atoms with Crippen LogP contribution in [0.1, 0.15) is 24.2 Å². The number of nitrogens with zero attached hydrogens (tertiary/aromatic N) is 1. The normalized spacial score (nSPS) is 12.2. The highest BCUT2D eigenvalue weighted by molar-refractivity contribution is 5.78. The summed E-state index contributed by atoms with van der Waals surface area (Å²) in [6.07, 6.45) is -0.659. The van der Waals surface area contributed by atoms with E-state index in [1.807, 2.05) is 38.1 Å². The molecule has 1 aromatic carbocycles. The van der Waals surface area contributed by atoms with Crippen LogP contribution in [0, 0.1) is 6.92 Å². The lowest BCUT2D eigenvalue weighted by atomic mass is 10.1. The van der Waals surface area contributed by atoms with Crippen LogP contribution < -0.4 is 5.32 Å². The van der Waals surface area contributed by atoms with Crippen LogP contribution >= 0.6 is 0 Å². The van der Waals surface area contributed by atoms with Gasteiger partial charge in [-0.25, -0.2) is 0 Å². The first kappa shape index (κ1) is 17.6. The molecule has 1 unspecified atom stereocenters. The zero-order valence-electron chi connectivity index (χ0n) is 13.1. The van der Waals surface area contributed by atoms with Gasteiger partial charge in [-0.1, -0.05) is 29.8 Å². The number of amides is 1. The molecule has 1 amide bonds. The molecule has 0 heterocycles. The molecule has 1 atom stereocenters. The van der Waals surface area contributed by atoms with Crippen LogP contribution in [-0.4, -0.2) is 55.8 Å². The Labute approximate surface area is 126 Å². The first-order valence-electron chi connectivity index (χ1n) is 7.30. The van der Waals surface area contributed by atoms with Crippen LogP contribution in [0.4, 0.5) is 0 Å². The first-order valence-corrected chi connectivity index (χ1v) is 7.30. The third-order valence-corrected chi connectivity index (χ3v) is 3.35. The molecule has 0 aliphatic heterocycles. The standard InChI is InChI=1S/C16H26N2O3/c1-4-18(16(20)11-17-9-10-21-3)12-15(19)14-7-5-13(2)6-8-14/h5-8,15,17,19H,4,9-12H2,1-3H3. The molecular formula is C16H26N2O3. The van der Waals surface area contributed by atoms with Crippen LogP contribution in [-0.2, 0) is 9.53 Å². The third-order valence-electron chi connectivity index (χ3n) is 3.35. The van der Waals surface area contributed by atoms with Gasteiger partial charge in [-0.3, -0.25) is 4.79 Å². The molecule has 0 bridgehead atoms. The lowest BCUT2D eigenvalue weighted by Gasteiger charge is -2.24. The molecular weight excluding hydrogens is 268 g/mol. The molecule has 1 rings (SSSR count). The van der Waals surface area contributed by atoms with Gasteiger partial charge in [0.1, 0.15) is 0 Å². The van der Waals surface area contributed by atoms with Crippen molar-refractivity contribution in [3.63, 3.8) is 0 Å². The summed E-state index contributed by atoms with van der Waals surface area (Å²) in [7, 11) is 1.62. The van der Waals surface area contributed by atoms with Gasteiger partial charge < -0.3 is 20.1 Å². The summed E-state index contributed by atoms with van der Waals surface area (Å²) in [6.45, 7) is 6.28. The van der Waals surface area contributed by atoms with Gasteiger partial charge in [-0.15, -0.1) is 0 Å². The summed E-state index contributed by atoms with van der Waals surface area (Å²) >= 11 is 0. The van der Waals surface area contributed by atoms with Crippen molar-refractivity contribution in [3.8, 4) is 0 Å². The topological polar surface area (TPSA) is 61.8 Å². The van der Waals surface area contributed by atoms with Gasteiger partial charge in [0, 0.05) is 20.2 Å². The van der Waals surface area contributed by atoms with Gasteiger partial charge in [0.25, 0.3) is 0 Å². The van der Waals surface area contributed by atoms with E-state index in [2.05, 4.69) is 5.32 Å². The molecule has 5 nitrogen and oxygen atoms in total. The number of carbonyl (C=O) groups is 1. The van der Waals surface area contributed by atoms with E-state index in [-0.39, 0.29) is 12.5 Å². The van der Waals surface area contributed by atoms with Crippen molar-refractivity contribution in [1.82, 2.24) is 10.2 Å². The van der Waals surface area contributed by atoms with Crippen molar-refractivity contribution >= 4 is 5.91 Å². The highest BCUT2D eigenvalue weighted by Gasteiger charge is 2.16. The Kier molecular flexibility index (Phi) is 7.97. The quantitative estimate of drug-likeness (QED) is 0.670. The van der Waals surface area contributed by atoms with E-state index in [0.717, 1.165) is 11.1 Å². The highest BCUT2D eigenvalue weighted by Crippen LogP contribution is 2.15. The number of rotatable bonds is 9. The van der Waals surface area contributed by atoms with Crippen molar-refractivity contribution < 1.29 is 14.6 Å². The predicted molar refractivity (Wildman–Crippen MR) is 83.1 cm³/mol. The lowest BCUT2D eigenvalue weighted by molar-refractivity contribution is -0.131. The van der Waals surface area contributed by atoms with Gasteiger partial charge in [0.15, 0.2) is 0 Å². The zero-order valence-corrected chi connectivity index (χ0v) is 13.1. The number of aliphatic hydroxyl groups is 1. The number of hydrogen-bond donors (Lipinski definition) is 2. The number of methoxy groups -OCH3 is 1. The molecule has 0 aliphatic rings. The number of hydrogen-bond acceptors (Lipinski definition) is 4. The van der Waals surface area contributed by atoms with Crippen LogP contribution in [0.25, 0.3) is 0 Å². The largest absolute Gasteiger partial charge is 0.387 e. The van der Waals surface area contributed by atoms with Crippen LogP contribution in [0.5, 0.6) is 0 Å². The Balaban J connectivity index is 2.48. The number of likely N-dealkylation sites (N-methyl/N-ethyl adjacent to an activating group) is 1. The average molecular weight is 294 g/mol. The maximum Gasteiger partial charge on any atom is 0.236 e. The molecule has 2 N–H and O–H groups in total. The van der Waals surface area contributed by atoms with Gasteiger partial charge in [-0.05, 0) is 19.4 Å². The van der Waals surface area contributed by atoms with E-state index in [4.69, 9.17) is 4.74 Å². The zero-order chi connectivity index (χ0) is 15.7. The summed E-state index contributed by atoms with van der Waals surface area (Å²) in [5.41, 5.74) is 1.98. The van der Waals surface area contributed by atoms with Crippen molar-refractivity contribution in [2.75, 3.05) is 39.9 Å². The van der Waals surface area contributed by atoms with Crippen molar-refractivity contribution in [1.29, 1.82) is 0 Å². The number of carbonyl (C=O) groups excluding carboxylic acids is 1. The van der Waals surface area contributed by atoms with E-state index >= 15 is 0 Å². The Morgan fingerprint density at radius 3 is 2.62 bits per heavy atom. The van der Waals surface area contributed by atoms with Gasteiger partial charge in [0.05, 0.1) is 25.8 Å². The molecule has 0 spiro atoms.